The van der Waals surface area contributed by atoms with Gasteiger partial charge < -0.3 is 14.0 Å². The molecular formula is C32H30BrN3O4S. The third-order valence-corrected chi connectivity index (χ3v) is 8.65. The van der Waals surface area contributed by atoms with Crippen molar-refractivity contribution in [3.8, 4) is 18.1 Å². The van der Waals surface area contributed by atoms with Gasteiger partial charge in [-0.15, -0.1) is 6.42 Å². The number of esters is 1. The molecule has 5 rings (SSSR count). The molecule has 9 heteroatoms. The molecule has 0 bridgehead atoms. The highest BCUT2D eigenvalue weighted by molar-refractivity contribution is 9.10. The average molecular weight is 633 g/mol. The summed E-state index contributed by atoms with van der Waals surface area (Å²) in [7, 11) is 1.33. The summed E-state index contributed by atoms with van der Waals surface area (Å²) in [6.45, 7) is 10.1. The molecule has 0 saturated carbocycles. The Morgan fingerprint density at radius 2 is 2.00 bits per heavy atom. The van der Waals surface area contributed by atoms with Crippen LogP contribution in [-0.4, -0.2) is 28.3 Å². The topological polar surface area (TPSA) is 74.8 Å². The van der Waals surface area contributed by atoms with Gasteiger partial charge in [0.1, 0.15) is 11.8 Å². The molecule has 0 radical (unpaired) electrons. The number of methoxy groups -OCH3 is 1. The van der Waals surface area contributed by atoms with Gasteiger partial charge in [0, 0.05) is 26.7 Å². The molecule has 210 valence electrons. The minimum absolute atomic E-state index is 0.121. The van der Waals surface area contributed by atoms with Crippen molar-refractivity contribution in [3.05, 3.63) is 94.2 Å². The third kappa shape index (κ3) is 4.96. The predicted molar refractivity (Wildman–Crippen MR) is 166 cm³/mol. The zero-order chi connectivity index (χ0) is 29.6. The molecule has 0 unspecified atom stereocenters. The summed E-state index contributed by atoms with van der Waals surface area (Å²) in [5.41, 5.74) is 5.23. The molecule has 41 heavy (non-hydrogen) atoms. The van der Waals surface area contributed by atoms with E-state index in [1.165, 1.54) is 18.4 Å². The summed E-state index contributed by atoms with van der Waals surface area (Å²) in [4.78, 5) is 32.6. The van der Waals surface area contributed by atoms with Crippen molar-refractivity contribution < 1.29 is 14.3 Å². The molecule has 2 aromatic carbocycles. The summed E-state index contributed by atoms with van der Waals surface area (Å²) in [6.07, 6.45) is 7.50. The monoisotopic (exact) mass is 631 g/mol. The molecule has 0 spiro atoms. The van der Waals surface area contributed by atoms with Crippen LogP contribution in [0.5, 0.6) is 5.75 Å². The highest BCUT2D eigenvalue weighted by atomic mass is 79.9. The molecule has 3 heterocycles. The number of carbonyl (C=O) groups is 1. The Morgan fingerprint density at radius 3 is 2.68 bits per heavy atom. The number of ether oxygens (including phenoxy) is 2. The van der Waals surface area contributed by atoms with Gasteiger partial charge in [0.05, 0.1) is 41.1 Å². The molecule has 2 aromatic heterocycles. The second-order valence-electron chi connectivity index (χ2n) is 10.2. The first-order valence-corrected chi connectivity index (χ1v) is 14.8. The normalized spacial score (nSPS) is 15.2. The maximum atomic E-state index is 14.2. The molecule has 1 atom stereocenters. The predicted octanol–water partition coefficient (Wildman–Crippen LogP) is 5.16. The zero-order valence-corrected chi connectivity index (χ0v) is 26.1. The third-order valence-electron chi connectivity index (χ3n) is 7.17. The van der Waals surface area contributed by atoms with Crippen molar-refractivity contribution in [2.75, 3.05) is 7.11 Å². The van der Waals surface area contributed by atoms with E-state index in [2.05, 4.69) is 39.4 Å². The van der Waals surface area contributed by atoms with Crippen LogP contribution in [0.2, 0.25) is 0 Å². The lowest BCUT2D eigenvalue weighted by Gasteiger charge is -2.26. The van der Waals surface area contributed by atoms with E-state index in [0.29, 0.717) is 32.9 Å². The van der Waals surface area contributed by atoms with Gasteiger partial charge in [0.15, 0.2) is 4.80 Å². The van der Waals surface area contributed by atoms with Crippen LogP contribution in [0.4, 0.5) is 0 Å². The van der Waals surface area contributed by atoms with E-state index in [1.807, 2.05) is 57.2 Å². The van der Waals surface area contributed by atoms with Gasteiger partial charge in [-0.1, -0.05) is 51.4 Å². The van der Waals surface area contributed by atoms with Crippen LogP contribution in [0.1, 0.15) is 49.2 Å². The Bertz CT molecular complexity index is 1970. The summed E-state index contributed by atoms with van der Waals surface area (Å²) in [6, 6.07) is 10.9. The Morgan fingerprint density at radius 1 is 1.24 bits per heavy atom. The number of hydrogen-bond donors (Lipinski definition) is 0. The van der Waals surface area contributed by atoms with E-state index in [4.69, 9.17) is 20.9 Å². The lowest BCUT2D eigenvalue weighted by atomic mass is 9.95. The van der Waals surface area contributed by atoms with Gasteiger partial charge in [-0.3, -0.25) is 9.36 Å². The fourth-order valence-corrected chi connectivity index (χ4v) is 6.83. The minimum atomic E-state index is -0.793. The van der Waals surface area contributed by atoms with Crippen molar-refractivity contribution in [2.24, 2.45) is 4.99 Å². The smallest absolute Gasteiger partial charge is 0.338 e. The SMILES string of the molecule is C#CCn1c(C)c(/C=c2\sc3n(c2=O)[C@H](c2cc(Br)ccc2OC(C)C)C(C(=O)OC)=C(C)N=3)c2cccc(C)c21. The second-order valence-corrected chi connectivity index (χ2v) is 12.1. The number of allylic oxidation sites excluding steroid dienone is 1. The lowest BCUT2D eigenvalue weighted by molar-refractivity contribution is -0.136. The number of para-hydroxylation sites is 1. The van der Waals surface area contributed by atoms with Crippen molar-refractivity contribution in [1.29, 1.82) is 0 Å². The summed E-state index contributed by atoms with van der Waals surface area (Å²) < 4.78 is 16.3. The quantitative estimate of drug-likeness (QED) is 0.218. The van der Waals surface area contributed by atoms with Gasteiger partial charge >= 0.3 is 5.97 Å². The van der Waals surface area contributed by atoms with Gasteiger partial charge in [-0.05, 0) is 64.5 Å². The second kappa shape index (κ2) is 11.2. The fraction of sp³-hybridized carbons (Fsp3) is 0.281. The largest absolute Gasteiger partial charge is 0.491 e. The molecule has 0 saturated heterocycles. The number of terminal acetylenes is 1. The number of hydrogen-bond acceptors (Lipinski definition) is 6. The van der Waals surface area contributed by atoms with Crippen LogP contribution < -0.4 is 19.6 Å². The summed E-state index contributed by atoms with van der Waals surface area (Å²) >= 11 is 4.85. The molecule has 1 aliphatic heterocycles. The minimum Gasteiger partial charge on any atom is -0.491 e. The van der Waals surface area contributed by atoms with Crippen LogP contribution in [0.15, 0.2) is 61.9 Å². The molecule has 0 aliphatic carbocycles. The van der Waals surface area contributed by atoms with E-state index < -0.39 is 12.0 Å². The standard InChI is InChI=1S/C32H30BrN3O4S/c1-8-14-35-20(6)23(22-11-9-10-18(4)28(22)35)16-26-30(37)36-29(24-15-21(33)12-13-25(24)40-17(2)3)27(31(38)39-7)19(5)34-32(36)41-26/h1,9-13,15-17,29H,14H2,2-7H3/b26-16-/t29-/m1/s1. The number of nitrogens with zero attached hydrogens (tertiary/aromatic N) is 3. The van der Waals surface area contributed by atoms with Crippen molar-refractivity contribution in [3.63, 3.8) is 0 Å². The molecule has 0 amide bonds. The summed E-state index contributed by atoms with van der Waals surface area (Å²) in [5.74, 6) is 2.77. The molecular weight excluding hydrogens is 602 g/mol. The van der Waals surface area contributed by atoms with E-state index in [0.717, 1.165) is 32.2 Å². The first-order chi connectivity index (χ1) is 19.6. The Kier molecular flexibility index (Phi) is 7.82. The Balaban J connectivity index is 1.82. The number of carbonyl (C=O) groups excluding carboxylic acids is 1. The summed E-state index contributed by atoms with van der Waals surface area (Å²) in [5, 5.41) is 1.02. The molecule has 0 fully saturated rings. The number of aromatic nitrogens is 2. The number of rotatable bonds is 6. The first-order valence-electron chi connectivity index (χ1n) is 13.2. The Labute approximate surface area is 250 Å². The maximum absolute atomic E-state index is 14.2. The van der Waals surface area contributed by atoms with Gasteiger partial charge in [0.2, 0.25) is 0 Å². The fourth-order valence-electron chi connectivity index (χ4n) is 5.43. The number of aryl methyl sites for hydroxylation is 1. The van der Waals surface area contributed by atoms with E-state index in [9.17, 15) is 9.59 Å². The van der Waals surface area contributed by atoms with Crippen LogP contribution in [0.3, 0.4) is 0 Å². The van der Waals surface area contributed by atoms with Gasteiger partial charge in [0.25, 0.3) is 5.56 Å². The molecule has 0 N–H and O–H groups in total. The van der Waals surface area contributed by atoms with Gasteiger partial charge in [-0.25, -0.2) is 9.79 Å². The lowest BCUT2D eigenvalue weighted by Crippen LogP contribution is -2.40. The number of benzene rings is 2. The number of thiazole rings is 1. The van der Waals surface area contributed by atoms with Crippen LogP contribution >= 0.6 is 27.3 Å². The maximum Gasteiger partial charge on any atom is 0.338 e. The van der Waals surface area contributed by atoms with E-state index >= 15 is 0 Å². The van der Waals surface area contributed by atoms with E-state index in [1.54, 1.807) is 11.5 Å². The van der Waals surface area contributed by atoms with Crippen molar-refractivity contribution in [1.82, 2.24) is 9.13 Å². The highest BCUT2D eigenvalue weighted by Gasteiger charge is 2.35. The van der Waals surface area contributed by atoms with Crippen molar-refractivity contribution >= 4 is 50.2 Å². The Hall–Kier alpha value is -3.87. The molecule has 4 aromatic rings. The number of fused-ring (bicyclic) bond motifs is 2. The highest BCUT2D eigenvalue weighted by Crippen LogP contribution is 2.38. The van der Waals surface area contributed by atoms with Crippen molar-refractivity contribution in [2.45, 2.75) is 53.3 Å². The van der Waals surface area contributed by atoms with Gasteiger partial charge in [-0.2, -0.15) is 0 Å². The molecule has 7 nitrogen and oxygen atoms in total. The first kappa shape index (κ1) is 28.7. The van der Waals surface area contributed by atoms with Crippen LogP contribution in [-0.2, 0) is 16.1 Å². The zero-order valence-electron chi connectivity index (χ0n) is 23.7. The van der Waals surface area contributed by atoms with Crippen LogP contribution in [0, 0.1) is 26.2 Å². The van der Waals surface area contributed by atoms with E-state index in [-0.39, 0.29) is 17.2 Å². The molecule has 1 aliphatic rings. The average Bonchev–Trinajstić information content (AvgIpc) is 3.37. The number of halogens is 1. The van der Waals surface area contributed by atoms with Crippen LogP contribution in [0.25, 0.3) is 17.0 Å².